The number of carbonyl (C=O) groups is 1. The van der Waals surface area contributed by atoms with E-state index in [-0.39, 0.29) is 17.9 Å². The highest BCUT2D eigenvalue weighted by Crippen LogP contribution is 2.43. The average Bonchev–Trinajstić information content (AvgIpc) is 3.65. The number of nitrogens with zero attached hydrogens (tertiary/aromatic N) is 2. The lowest BCUT2D eigenvalue weighted by Gasteiger charge is -2.30. The van der Waals surface area contributed by atoms with E-state index in [0.717, 1.165) is 54.3 Å². The lowest BCUT2D eigenvalue weighted by Crippen LogP contribution is -2.21. The first-order chi connectivity index (χ1) is 18.2. The minimum Gasteiger partial charge on any atom is -0.493 e. The molecule has 2 aliphatic rings. The third kappa shape index (κ3) is 5.81. The van der Waals surface area contributed by atoms with Crippen molar-refractivity contribution in [1.82, 2.24) is 4.57 Å². The van der Waals surface area contributed by atoms with Gasteiger partial charge in [-0.25, -0.2) is 13.2 Å². The van der Waals surface area contributed by atoms with Gasteiger partial charge < -0.3 is 14.0 Å². The molecule has 2 aliphatic carbocycles. The van der Waals surface area contributed by atoms with Gasteiger partial charge in [-0.2, -0.15) is 5.26 Å². The first-order valence-electron chi connectivity index (χ1n) is 13.2. The first-order valence-corrected chi connectivity index (χ1v) is 15.3. The first kappa shape index (κ1) is 26.1. The molecule has 0 bridgehead atoms. The van der Waals surface area contributed by atoms with Crippen LogP contribution in [0.3, 0.4) is 0 Å². The van der Waals surface area contributed by atoms with Gasteiger partial charge in [-0.15, -0.1) is 0 Å². The summed E-state index contributed by atoms with van der Waals surface area (Å²) < 4.78 is 36.4. The Morgan fingerprint density at radius 3 is 2.50 bits per heavy atom. The maximum Gasteiger partial charge on any atom is 0.411 e. The monoisotopic (exact) mass is 535 g/mol. The molecule has 0 unspecified atom stereocenters. The molecule has 8 nitrogen and oxygen atoms in total. The summed E-state index contributed by atoms with van der Waals surface area (Å²) in [4.78, 5) is 12.3. The predicted octanol–water partition coefficient (Wildman–Crippen LogP) is 6.07. The van der Waals surface area contributed by atoms with Gasteiger partial charge in [-0.3, -0.25) is 5.32 Å². The number of amides is 1. The molecule has 0 radical (unpaired) electrons. The van der Waals surface area contributed by atoms with E-state index in [1.165, 1.54) is 6.26 Å². The van der Waals surface area contributed by atoms with E-state index in [9.17, 15) is 18.5 Å². The van der Waals surface area contributed by atoms with Gasteiger partial charge in [0.15, 0.2) is 0 Å². The summed E-state index contributed by atoms with van der Waals surface area (Å²) in [5.41, 5.74) is 3.93. The zero-order chi connectivity index (χ0) is 26.9. The fourth-order valence-corrected chi connectivity index (χ4v) is 5.64. The van der Waals surface area contributed by atoms with Crippen molar-refractivity contribution < 1.29 is 22.7 Å². The van der Waals surface area contributed by atoms with Crippen LogP contribution in [0, 0.1) is 17.2 Å². The molecule has 5 rings (SSSR count). The van der Waals surface area contributed by atoms with Gasteiger partial charge in [-0.1, -0.05) is 12.1 Å². The second-order valence-electron chi connectivity index (χ2n) is 10.5. The molecule has 3 aromatic rings. The van der Waals surface area contributed by atoms with Gasteiger partial charge in [0.25, 0.3) is 0 Å². The average molecular weight is 536 g/mol. The van der Waals surface area contributed by atoms with Gasteiger partial charge >= 0.3 is 6.09 Å². The van der Waals surface area contributed by atoms with E-state index in [1.807, 2.05) is 49.4 Å². The smallest absolute Gasteiger partial charge is 0.411 e. The van der Waals surface area contributed by atoms with E-state index in [4.69, 9.17) is 9.47 Å². The zero-order valence-corrected chi connectivity index (χ0v) is 22.6. The van der Waals surface area contributed by atoms with Crippen LogP contribution in [0.25, 0.3) is 22.2 Å². The number of fused-ring (bicyclic) bond motifs is 1. The fourth-order valence-electron chi connectivity index (χ4n) is 5.00. The van der Waals surface area contributed by atoms with Gasteiger partial charge in [0.05, 0.1) is 29.1 Å². The van der Waals surface area contributed by atoms with E-state index < -0.39 is 15.9 Å². The van der Waals surface area contributed by atoms with Gasteiger partial charge in [0.1, 0.15) is 27.8 Å². The molecule has 38 heavy (non-hydrogen) atoms. The van der Waals surface area contributed by atoms with Crippen LogP contribution in [-0.4, -0.2) is 43.8 Å². The molecule has 2 fully saturated rings. The highest BCUT2D eigenvalue weighted by Gasteiger charge is 2.31. The van der Waals surface area contributed by atoms with Crippen LogP contribution in [0.2, 0.25) is 0 Å². The number of anilines is 1. The number of hydrogen-bond donors (Lipinski definition) is 1. The number of nitriles is 1. The second-order valence-corrected chi connectivity index (χ2v) is 12.7. The summed E-state index contributed by atoms with van der Waals surface area (Å²) in [6.45, 7) is 2.23. The van der Waals surface area contributed by atoms with Crippen LogP contribution in [0.5, 0.6) is 5.75 Å². The molecule has 9 heteroatoms. The summed E-state index contributed by atoms with van der Waals surface area (Å²) in [7, 11) is -3.03. The number of aromatic nitrogens is 1. The van der Waals surface area contributed by atoms with Gasteiger partial charge in [0.2, 0.25) is 0 Å². The molecule has 1 N–H and O–H groups in total. The number of ether oxygens (including phenoxy) is 2. The van der Waals surface area contributed by atoms with E-state index in [1.54, 1.807) is 0 Å². The largest absolute Gasteiger partial charge is 0.493 e. The van der Waals surface area contributed by atoms with Crippen molar-refractivity contribution in [1.29, 1.82) is 5.26 Å². The minimum absolute atomic E-state index is 0.0819. The molecule has 1 amide bonds. The molecule has 1 atom stereocenters. The van der Waals surface area contributed by atoms with Crippen molar-refractivity contribution in [3.8, 4) is 23.1 Å². The lowest BCUT2D eigenvalue weighted by molar-refractivity contribution is 0.108. The molecule has 2 saturated carbocycles. The van der Waals surface area contributed by atoms with Crippen molar-refractivity contribution >= 4 is 32.5 Å². The Bertz CT molecular complexity index is 1480. The van der Waals surface area contributed by atoms with Crippen LogP contribution in [-0.2, 0) is 14.6 Å². The summed E-state index contributed by atoms with van der Waals surface area (Å²) in [6.07, 6.45) is 6.52. The third-order valence-corrected chi connectivity index (χ3v) is 8.47. The summed E-state index contributed by atoms with van der Waals surface area (Å²) in [6, 6.07) is 15.9. The maximum atomic E-state index is 12.3. The van der Waals surface area contributed by atoms with Crippen molar-refractivity contribution in [2.45, 2.75) is 57.6 Å². The Balaban J connectivity index is 1.41. The molecule has 0 aliphatic heterocycles. The molecule has 0 saturated heterocycles. The molecule has 200 valence electrons. The third-order valence-electron chi connectivity index (χ3n) is 7.44. The highest BCUT2D eigenvalue weighted by molar-refractivity contribution is 7.90. The second kappa shape index (κ2) is 10.7. The standard InChI is InChI=1S/C29H33N3O5S/c1-19(20-7-8-20)37-29(33)31-22-11-9-21(10-12-22)28-26(18-30)25-14-13-24(36-15-4-16-38(2,34)35)17-27(25)32(28)23-5-3-6-23/h9-14,17,19-20,23H,3-8,15-16H2,1-2H3,(H,31,33)/t19-/m1/s1. The predicted molar refractivity (Wildman–Crippen MR) is 147 cm³/mol. The van der Waals surface area contributed by atoms with Gasteiger partial charge in [0, 0.05) is 29.4 Å². The van der Waals surface area contributed by atoms with Crippen LogP contribution >= 0.6 is 0 Å². The fraction of sp³-hybridized carbons (Fsp3) is 0.448. The number of hydrogen-bond acceptors (Lipinski definition) is 6. The Labute approximate surface area is 223 Å². The van der Waals surface area contributed by atoms with Crippen molar-refractivity contribution in [2.75, 3.05) is 23.9 Å². The summed E-state index contributed by atoms with van der Waals surface area (Å²) in [5, 5.41) is 13.8. The number of carbonyl (C=O) groups excluding carboxylic acids is 1. The summed E-state index contributed by atoms with van der Waals surface area (Å²) >= 11 is 0. The van der Waals surface area contributed by atoms with Crippen LogP contribution in [0.1, 0.15) is 57.1 Å². The molecule has 1 aromatic heterocycles. The van der Waals surface area contributed by atoms with Crippen LogP contribution in [0.15, 0.2) is 42.5 Å². The maximum absolute atomic E-state index is 12.3. The van der Waals surface area contributed by atoms with E-state index in [2.05, 4.69) is 16.0 Å². The van der Waals surface area contributed by atoms with Crippen LogP contribution < -0.4 is 10.1 Å². The Morgan fingerprint density at radius 1 is 1.16 bits per heavy atom. The quantitative estimate of drug-likeness (QED) is 0.316. The molecule has 1 heterocycles. The number of benzene rings is 2. The Hall–Kier alpha value is -3.51. The molecule has 0 spiro atoms. The van der Waals surface area contributed by atoms with E-state index >= 15 is 0 Å². The zero-order valence-electron chi connectivity index (χ0n) is 21.8. The molecular formula is C29H33N3O5S. The Kier molecular flexibility index (Phi) is 7.35. The van der Waals surface area contributed by atoms with Crippen molar-refractivity contribution in [2.24, 2.45) is 5.92 Å². The lowest BCUT2D eigenvalue weighted by atomic mass is 9.92. The topological polar surface area (TPSA) is 110 Å². The summed E-state index contributed by atoms with van der Waals surface area (Å²) in [5.74, 6) is 1.20. The Morgan fingerprint density at radius 2 is 1.89 bits per heavy atom. The highest BCUT2D eigenvalue weighted by atomic mass is 32.2. The van der Waals surface area contributed by atoms with Gasteiger partial charge in [-0.05, 0) is 81.2 Å². The SMILES string of the molecule is C[C@@H](OC(=O)Nc1ccc(-c2c(C#N)c3ccc(OCCCS(C)(=O)=O)cc3n2C2CCC2)cc1)C1CC1. The normalized spacial score (nSPS) is 16.4. The van der Waals surface area contributed by atoms with E-state index in [0.29, 0.717) is 35.9 Å². The minimum atomic E-state index is -3.03. The van der Waals surface area contributed by atoms with Crippen molar-refractivity contribution in [3.05, 3.63) is 48.0 Å². The molecular weight excluding hydrogens is 502 g/mol. The number of nitrogens with one attached hydrogen (secondary N) is 1. The number of rotatable bonds is 10. The number of sulfone groups is 1. The molecule has 2 aromatic carbocycles. The van der Waals surface area contributed by atoms with Crippen molar-refractivity contribution in [3.63, 3.8) is 0 Å². The van der Waals surface area contributed by atoms with Crippen LogP contribution in [0.4, 0.5) is 10.5 Å².